The van der Waals surface area contributed by atoms with Gasteiger partial charge in [0.25, 0.3) is 5.91 Å². The molecule has 3 aromatic rings. The summed E-state index contributed by atoms with van der Waals surface area (Å²) in [5.74, 6) is -0.875. The zero-order valence-electron chi connectivity index (χ0n) is 17.9. The minimum atomic E-state index is -4.80. The second kappa shape index (κ2) is 10.7. The van der Waals surface area contributed by atoms with Gasteiger partial charge in [0.15, 0.2) is 0 Å². The van der Waals surface area contributed by atoms with Crippen LogP contribution in [0.15, 0.2) is 78.9 Å². The van der Waals surface area contributed by atoms with E-state index in [1.165, 1.54) is 18.2 Å². The second-order valence-electron chi connectivity index (χ2n) is 7.39. The minimum absolute atomic E-state index is 0.00694. The van der Waals surface area contributed by atoms with E-state index in [-0.39, 0.29) is 36.4 Å². The third-order valence-corrected chi connectivity index (χ3v) is 4.88. The number of hydrogen-bond donors (Lipinski definition) is 2. The number of amides is 2. The number of rotatable bonds is 8. The van der Waals surface area contributed by atoms with E-state index in [1.54, 1.807) is 55.5 Å². The number of aryl methyl sites for hydroxylation is 1. The van der Waals surface area contributed by atoms with Crippen molar-refractivity contribution < 1.29 is 27.5 Å². The largest absolute Gasteiger partial charge is 0.573 e. The predicted octanol–water partition coefficient (Wildman–Crippen LogP) is 5.65. The molecule has 0 aliphatic carbocycles. The number of carbonyl (C=O) groups excluding carboxylic acids is 2. The molecule has 0 saturated carbocycles. The molecule has 0 aliphatic heterocycles. The Balaban J connectivity index is 1.57. The van der Waals surface area contributed by atoms with Gasteiger partial charge >= 0.3 is 6.36 Å². The molecule has 0 aliphatic rings. The number of halogens is 3. The molecule has 33 heavy (non-hydrogen) atoms. The van der Waals surface area contributed by atoms with Gasteiger partial charge in [0.1, 0.15) is 5.75 Å². The van der Waals surface area contributed by atoms with E-state index in [2.05, 4.69) is 15.4 Å². The van der Waals surface area contributed by atoms with Gasteiger partial charge in [-0.2, -0.15) is 0 Å². The van der Waals surface area contributed by atoms with E-state index >= 15 is 0 Å². The van der Waals surface area contributed by atoms with Gasteiger partial charge in [-0.25, -0.2) is 0 Å². The predicted molar refractivity (Wildman–Crippen MR) is 119 cm³/mol. The quantitative estimate of drug-likeness (QED) is 0.461. The van der Waals surface area contributed by atoms with E-state index in [4.69, 9.17) is 0 Å². The monoisotopic (exact) mass is 456 g/mol. The van der Waals surface area contributed by atoms with Crippen LogP contribution in [0.3, 0.4) is 0 Å². The Morgan fingerprint density at radius 3 is 2.36 bits per heavy atom. The van der Waals surface area contributed by atoms with Gasteiger partial charge in [0, 0.05) is 17.7 Å². The zero-order valence-corrected chi connectivity index (χ0v) is 17.9. The first-order valence-corrected chi connectivity index (χ1v) is 10.3. The highest BCUT2D eigenvalue weighted by molar-refractivity contribution is 6.04. The zero-order chi connectivity index (χ0) is 23.8. The fourth-order valence-corrected chi connectivity index (χ4v) is 3.26. The summed E-state index contributed by atoms with van der Waals surface area (Å²) in [4.78, 5) is 24.7. The number of hydrogen-bond acceptors (Lipinski definition) is 3. The van der Waals surface area contributed by atoms with Crippen LogP contribution >= 0.6 is 0 Å². The topological polar surface area (TPSA) is 67.4 Å². The summed E-state index contributed by atoms with van der Waals surface area (Å²) in [5.41, 5.74) is 2.18. The molecule has 5 nitrogen and oxygen atoms in total. The van der Waals surface area contributed by atoms with Crippen molar-refractivity contribution in [2.45, 2.75) is 32.2 Å². The Labute approximate surface area is 189 Å². The fourth-order valence-electron chi connectivity index (χ4n) is 3.26. The first-order valence-electron chi connectivity index (χ1n) is 10.3. The molecule has 0 saturated heterocycles. The summed E-state index contributed by atoms with van der Waals surface area (Å²) < 4.78 is 41.7. The molecule has 0 aromatic heterocycles. The summed E-state index contributed by atoms with van der Waals surface area (Å²) in [5, 5.41) is 5.65. The Kier molecular flexibility index (Phi) is 7.71. The van der Waals surface area contributed by atoms with E-state index in [1.807, 2.05) is 12.1 Å². The van der Waals surface area contributed by atoms with E-state index in [0.717, 1.165) is 5.56 Å². The van der Waals surface area contributed by atoms with E-state index < -0.39 is 6.36 Å². The van der Waals surface area contributed by atoms with Crippen molar-refractivity contribution in [1.82, 2.24) is 5.32 Å². The van der Waals surface area contributed by atoms with E-state index in [9.17, 15) is 22.8 Å². The van der Waals surface area contributed by atoms with Crippen molar-refractivity contribution in [2.75, 3.05) is 5.32 Å². The van der Waals surface area contributed by atoms with Crippen molar-refractivity contribution in [2.24, 2.45) is 0 Å². The maximum absolute atomic E-state index is 12.6. The SMILES string of the molecule is CC(NC(=O)CCc1ccccc1OC(F)(F)F)c1cccc(NC(=O)c2ccccc2)c1. The van der Waals surface area contributed by atoms with E-state index in [0.29, 0.717) is 16.8 Å². The van der Waals surface area contributed by atoms with Crippen LogP contribution < -0.4 is 15.4 Å². The molecule has 0 fully saturated rings. The second-order valence-corrected chi connectivity index (χ2v) is 7.39. The molecule has 0 heterocycles. The van der Waals surface area contributed by atoms with Crippen LogP contribution in [0.25, 0.3) is 0 Å². The number of ether oxygens (including phenoxy) is 1. The fraction of sp³-hybridized carbons (Fsp3) is 0.200. The Bertz CT molecular complexity index is 1100. The maximum atomic E-state index is 12.6. The number of alkyl halides is 3. The molecule has 0 spiro atoms. The number of anilines is 1. The number of benzene rings is 3. The smallest absolute Gasteiger partial charge is 0.406 e. The lowest BCUT2D eigenvalue weighted by Gasteiger charge is -2.16. The molecule has 172 valence electrons. The average molecular weight is 456 g/mol. The van der Waals surface area contributed by atoms with Crippen LogP contribution in [0.4, 0.5) is 18.9 Å². The first kappa shape index (κ1) is 23.8. The minimum Gasteiger partial charge on any atom is -0.406 e. The summed E-state index contributed by atoms with van der Waals surface area (Å²) in [6.45, 7) is 1.79. The lowest BCUT2D eigenvalue weighted by molar-refractivity contribution is -0.274. The Morgan fingerprint density at radius 2 is 1.64 bits per heavy atom. The molecule has 0 radical (unpaired) electrons. The summed E-state index contributed by atoms with van der Waals surface area (Å²) in [7, 11) is 0. The van der Waals surface area contributed by atoms with Crippen LogP contribution in [0, 0.1) is 0 Å². The highest BCUT2D eigenvalue weighted by atomic mass is 19.4. The van der Waals surface area contributed by atoms with Gasteiger partial charge in [-0.05, 0) is 54.8 Å². The normalized spacial score (nSPS) is 12.0. The van der Waals surface area contributed by atoms with Crippen molar-refractivity contribution in [1.29, 1.82) is 0 Å². The number of carbonyl (C=O) groups is 2. The lowest BCUT2D eigenvalue weighted by Crippen LogP contribution is -2.27. The van der Waals surface area contributed by atoms with Crippen molar-refractivity contribution >= 4 is 17.5 Å². The maximum Gasteiger partial charge on any atom is 0.573 e. The van der Waals surface area contributed by atoms with Gasteiger partial charge < -0.3 is 15.4 Å². The lowest BCUT2D eigenvalue weighted by atomic mass is 10.1. The summed E-state index contributed by atoms with van der Waals surface area (Å²) in [6, 6.07) is 21.3. The van der Waals surface area contributed by atoms with Crippen molar-refractivity contribution in [3.8, 4) is 5.75 Å². The van der Waals surface area contributed by atoms with Crippen LogP contribution in [-0.4, -0.2) is 18.2 Å². The molecule has 2 N–H and O–H groups in total. The third-order valence-electron chi connectivity index (χ3n) is 4.88. The molecule has 3 rings (SSSR count). The summed E-state index contributed by atoms with van der Waals surface area (Å²) >= 11 is 0. The van der Waals surface area contributed by atoms with Crippen LogP contribution in [0.2, 0.25) is 0 Å². The van der Waals surface area contributed by atoms with Gasteiger partial charge in [-0.3, -0.25) is 9.59 Å². The van der Waals surface area contributed by atoms with Crippen molar-refractivity contribution in [3.63, 3.8) is 0 Å². The molecule has 8 heteroatoms. The standard InChI is InChI=1S/C25H23F3N2O3/c1-17(20-11-7-12-21(16-20)30-24(32)19-9-3-2-4-10-19)29-23(31)15-14-18-8-5-6-13-22(18)33-25(26,27)28/h2-13,16-17H,14-15H2,1H3,(H,29,31)(H,30,32). The first-order chi connectivity index (χ1) is 15.7. The molecule has 1 unspecified atom stereocenters. The van der Waals surface area contributed by atoms with Gasteiger partial charge in [-0.15, -0.1) is 13.2 Å². The number of nitrogens with one attached hydrogen (secondary N) is 2. The Hall–Kier alpha value is -3.81. The van der Waals surface area contributed by atoms with Gasteiger partial charge in [0.05, 0.1) is 6.04 Å². The molecular weight excluding hydrogens is 433 g/mol. The van der Waals surface area contributed by atoms with Crippen LogP contribution in [-0.2, 0) is 11.2 Å². The molecule has 0 bridgehead atoms. The molecule has 1 atom stereocenters. The third kappa shape index (κ3) is 7.38. The summed E-state index contributed by atoms with van der Waals surface area (Å²) in [6.07, 6.45) is -4.71. The van der Waals surface area contributed by atoms with Gasteiger partial charge in [0.2, 0.25) is 5.91 Å². The highest BCUT2D eigenvalue weighted by Crippen LogP contribution is 2.27. The molecule has 3 aromatic carbocycles. The van der Waals surface area contributed by atoms with Gasteiger partial charge in [-0.1, -0.05) is 48.5 Å². The molecular formula is C25H23F3N2O3. The molecule has 2 amide bonds. The van der Waals surface area contributed by atoms with Crippen LogP contribution in [0.5, 0.6) is 5.75 Å². The average Bonchev–Trinajstić information content (AvgIpc) is 2.78. The van der Waals surface area contributed by atoms with Crippen LogP contribution in [0.1, 0.15) is 40.9 Å². The van der Waals surface area contributed by atoms with Crippen molar-refractivity contribution in [3.05, 3.63) is 95.6 Å². The number of para-hydroxylation sites is 1. The highest BCUT2D eigenvalue weighted by Gasteiger charge is 2.32. The Morgan fingerprint density at radius 1 is 0.939 bits per heavy atom.